The lowest BCUT2D eigenvalue weighted by Crippen LogP contribution is -2.54. The molecule has 3 heterocycles. The van der Waals surface area contributed by atoms with E-state index in [1.165, 1.54) is 21.7 Å². The second kappa shape index (κ2) is 11.4. The number of sulfonamides is 1. The third-order valence-electron chi connectivity index (χ3n) is 6.70. The third kappa shape index (κ3) is 5.63. The van der Waals surface area contributed by atoms with Crippen LogP contribution in [0.2, 0.25) is 4.34 Å². The van der Waals surface area contributed by atoms with Crippen LogP contribution >= 0.6 is 34.3 Å². The van der Waals surface area contributed by atoms with Gasteiger partial charge >= 0.3 is 0 Å². The van der Waals surface area contributed by atoms with Gasteiger partial charge in [-0.3, -0.25) is 9.69 Å². The number of hydrogen-bond donors (Lipinski definition) is 0. The van der Waals surface area contributed by atoms with E-state index < -0.39 is 16.1 Å². The fraction of sp³-hybridized carbons (Fsp3) is 0.520. The summed E-state index contributed by atoms with van der Waals surface area (Å²) in [4.78, 5) is 23.0. The van der Waals surface area contributed by atoms with Crippen molar-refractivity contribution in [2.45, 2.75) is 57.2 Å². The molecular formula is C25H33ClN4O3S3. The lowest BCUT2D eigenvalue weighted by Gasteiger charge is -2.36. The molecular weight excluding hydrogens is 536 g/mol. The maximum Gasteiger partial charge on any atom is 0.253 e. The number of carbonyl (C=O) groups excluding carboxylic acids is 1. The summed E-state index contributed by atoms with van der Waals surface area (Å²) in [5.41, 5.74) is 3.11. The van der Waals surface area contributed by atoms with Crippen molar-refractivity contribution in [2.24, 2.45) is 0 Å². The Morgan fingerprint density at radius 2 is 1.89 bits per heavy atom. The van der Waals surface area contributed by atoms with Gasteiger partial charge in [-0.1, -0.05) is 49.3 Å². The molecule has 1 saturated heterocycles. The molecule has 36 heavy (non-hydrogen) atoms. The van der Waals surface area contributed by atoms with Gasteiger partial charge in [0, 0.05) is 19.6 Å². The standard InChI is InChI=1S/C25H33ClN4O3S3/c1-5-28(6-2)13-14-29(25-27-23-18(4)15-17(3)16-20(23)34-25)24(31)19-9-7-8-12-30(19)36(32,33)22-11-10-21(26)35-22/h10-11,15-16,19H,5-9,12-14H2,1-4H3. The molecule has 0 N–H and O–H groups in total. The SMILES string of the molecule is CCN(CC)CCN(C(=O)C1CCCCN1S(=O)(=O)c1ccc(Cl)s1)c1nc2c(C)cc(C)cc2s1. The van der Waals surface area contributed by atoms with E-state index in [0.717, 1.165) is 58.6 Å². The Hall–Kier alpha value is -1.56. The number of rotatable bonds is 9. The van der Waals surface area contributed by atoms with E-state index in [1.807, 2.05) is 6.92 Å². The zero-order valence-corrected chi connectivity index (χ0v) is 24.4. The van der Waals surface area contributed by atoms with Crippen molar-refractivity contribution in [3.05, 3.63) is 39.7 Å². The molecule has 1 aromatic carbocycles. The molecule has 1 unspecified atom stereocenters. The quantitative estimate of drug-likeness (QED) is 0.338. The van der Waals surface area contributed by atoms with Crippen molar-refractivity contribution in [3.8, 4) is 0 Å². The summed E-state index contributed by atoms with van der Waals surface area (Å²) in [6.45, 7) is 11.5. The van der Waals surface area contributed by atoms with Gasteiger partial charge in [0.2, 0.25) is 5.91 Å². The van der Waals surface area contributed by atoms with Crippen LogP contribution in [-0.2, 0) is 14.8 Å². The van der Waals surface area contributed by atoms with E-state index in [0.29, 0.717) is 35.5 Å². The molecule has 1 aliphatic rings. The van der Waals surface area contributed by atoms with Crippen molar-refractivity contribution in [1.29, 1.82) is 0 Å². The smallest absolute Gasteiger partial charge is 0.253 e. The van der Waals surface area contributed by atoms with Crippen LogP contribution < -0.4 is 4.90 Å². The highest BCUT2D eigenvalue weighted by molar-refractivity contribution is 7.91. The Morgan fingerprint density at radius 3 is 2.56 bits per heavy atom. The first-order chi connectivity index (χ1) is 17.1. The number of carbonyl (C=O) groups is 1. The summed E-state index contributed by atoms with van der Waals surface area (Å²) < 4.78 is 30.1. The molecule has 4 rings (SSSR count). The van der Waals surface area contributed by atoms with Crippen molar-refractivity contribution in [3.63, 3.8) is 0 Å². The van der Waals surface area contributed by atoms with Gasteiger partial charge in [-0.2, -0.15) is 4.31 Å². The first-order valence-electron chi connectivity index (χ1n) is 12.3. The molecule has 7 nitrogen and oxygen atoms in total. The summed E-state index contributed by atoms with van der Waals surface area (Å²) in [5.74, 6) is -0.207. The summed E-state index contributed by atoms with van der Waals surface area (Å²) in [6.07, 6.45) is 2.01. The molecule has 0 aliphatic carbocycles. The van der Waals surface area contributed by atoms with Crippen LogP contribution in [0, 0.1) is 13.8 Å². The van der Waals surface area contributed by atoms with Crippen molar-refractivity contribution in [1.82, 2.24) is 14.2 Å². The summed E-state index contributed by atoms with van der Waals surface area (Å²) in [5, 5.41) is 0.623. The van der Waals surface area contributed by atoms with Crippen molar-refractivity contribution >= 4 is 65.6 Å². The van der Waals surface area contributed by atoms with Gasteiger partial charge in [-0.05, 0) is 69.1 Å². The molecule has 2 aromatic heterocycles. The largest absolute Gasteiger partial charge is 0.302 e. The number of hydrogen-bond acceptors (Lipinski definition) is 7. The molecule has 0 radical (unpaired) electrons. The molecule has 1 amide bonds. The lowest BCUT2D eigenvalue weighted by atomic mass is 10.0. The van der Waals surface area contributed by atoms with Gasteiger partial charge in [0.25, 0.3) is 10.0 Å². The average Bonchev–Trinajstić information content (AvgIpc) is 3.48. The highest BCUT2D eigenvalue weighted by atomic mass is 35.5. The summed E-state index contributed by atoms with van der Waals surface area (Å²) >= 11 is 8.56. The van der Waals surface area contributed by atoms with E-state index >= 15 is 0 Å². The number of benzene rings is 1. The van der Waals surface area contributed by atoms with Gasteiger partial charge in [-0.25, -0.2) is 13.4 Å². The van der Waals surface area contributed by atoms with E-state index in [9.17, 15) is 13.2 Å². The van der Waals surface area contributed by atoms with Gasteiger partial charge in [-0.15, -0.1) is 11.3 Å². The average molecular weight is 569 g/mol. The van der Waals surface area contributed by atoms with Crippen LogP contribution in [0.25, 0.3) is 10.2 Å². The summed E-state index contributed by atoms with van der Waals surface area (Å²) in [7, 11) is -3.84. The summed E-state index contributed by atoms with van der Waals surface area (Å²) in [6, 6.07) is 6.53. The fourth-order valence-electron chi connectivity index (χ4n) is 4.73. The molecule has 196 valence electrons. The van der Waals surface area contributed by atoms with E-state index in [-0.39, 0.29) is 10.1 Å². The number of halogens is 1. The predicted molar refractivity (Wildman–Crippen MR) is 150 cm³/mol. The molecule has 0 spiro atoms. The number of aromatic nitrogens is 1. The van der Waals surface area contributed by atoms with Gasteiger partial charge < -0.3 is 4.90 Å². The van der Waals surface area contributed by atoms with Gasteiger partial charge in [0.05, 0.1) is 14.6 Å². The number of likely N-dealkylation sites (N-methyl/N-ethyl adjacent to an activating group) is 1. The third-order valence-corrected chi connectivity index (χ3v) is 11.3. The second-order valence-electron chi connectivity index (χ2n) is 9.13. The normalized spacial score (nSPS) is 17.2. The Balaban J connectivity index is 1.72. The van der Waals surface area contributed by atoms with Crippen LogP contribution in [0.5, 0.6) is 0 Å². The molecule has 1 fully saturated rings. The Labute approximate surface area is 226 Å². The van der Waals surface area contributed by atoms with Crippen LogP contribution in [-0.4, -0.2) is 67.3 Å². The minimum atomic E-state index is -3.84. The molecule has 1 atom stereocenters. The number of piperidine rings is 1. The first-order valence-corrected chi connectivity index (χ1v) is 15.8. The molecule has 0 saturated carbocycles. The fourth-order valence-corrected chi connectivity index (χ4v) is 9.16. The number of anilines is 1. The van der Waals surface area contributed by atoms with Gasteiger partial charge in [0.1, 0.15) is 10.3 Å². The number of thiophene rings is 1. The number of aryl methyl sites for hydroxylation is 2. The van der Waals surface area contributed by atoms with Crippen molar-refractivity contribution in [2.75, 3.05) is 37.6 Å². The zero-order chi connectivity index (χ0) is 26.0. The van der Waals surface area contributed by atoms with E-state index in [4.69, 9.17) is 16.6 Å². The minimum Gasteiger partial charge on any atom is -0.302 e. The monoisotopic (exact) mass is 568 g/mol. The van der Waals surface area contributed by atoms with E-state index in [1.54, 1.807) is 11.0 Å². The number of nitrogens with zero attached hydrogens (tertiary/aromatic N) is 4. The predicted octanol–water partition coefficient (Wildman–Crippen LogP) is 5.55. The Morgan fingerprint density at radius 1 is 1.14 bits per heavy atom. The molecule has 11 heteroatoms. The minimum absolute atomic E-state index is 0.174. The second-order valence-corrected chi connectivity index (χ2v) is 14.0. The number of thiazole rings is 1. The zero-order valence-electron chi connectivity index (χ0n) is 21.2. The van der Waals surface area contributed by atoms with Gasteiger partial charge in [0.15, 0.2) is 5.13 Å². The first kappa shape index (κ1) is 27.5. The lowest BCUT2D eigenvalue weighted by molar-refractivity contribution is -0.123. The van der Waals surface area contributed by atoms with Crippen LogP contribution in [0.3, 0.4) is 0 Å². The highest BCUT2D eigenvalue weighted by Gasteiger charge is 2.41. The maximum atomic E-state index is 14.2. The number of amides is 1. The van der Waals surface area contributed by atoms with E-state index in [2.05, 4.69) is 37.8 Å². The molecule has 1 aliphatic heterocycles. The topological polar surface area (TPSA) is 73.8 Å². The van der Waals surface area contributed by atoms with Crippen molar-refractivity contribution < 1.29 is 13.2 Å². The highest BCUT2D eigenvalue weighted by Crippen LogP contribution is 2.35. The van der Waals surface area contributed by atoms with Crippen LogP contribution in [0.1, 0.15) is 44.2 Å². The number of fused-ring (bicyclic) bond motifs is 1. The van der Waals surface area contributed by atoms with Crippen LogP contribution in [0.4, 0.5) is 5.13 Å². The Kier molecular flexibility index (Phi) is 8.74. The van der Waals surface area contributed by atoms with Crippen LogP contribution in [0.15, 0.2) is 28.5 Å². The maximum absolute atomic E-state index is 14.2. The Bertz CT molecular complexity index is 1330. The molecule has 3 aromatic rings. The molecule has 0 bridgehead atoms.